The molecule has 0 radical (unpaired) electrons. The fourth-order valence-corrected chi connectivity index (χ4v) is 2.08. The van der Waals surface area contributed by atoms with Crippen LogP contribution in [0.15, 0.2) is 35.3 Å². The lowest BCUT2D eigenvalue weighted by Crippen LogP contribution is -2.19. The van der Waals surface area contributed by atoms with E-state index < -0.39 is 0 Å². The van der Waals surface area contributed by atoms with Crippen molar-refractivity contribution in [1.29, 1.82) is 0 Å². The molecule has 2 rings (SSSR count). The summed E-state index contributed by atoms with van der Waals surface area (Å²) in [5.41, 5.74) is 4.04. The Morgan fingerprint density at radius 2 is 2.33 bits per heavy atom. The van der Waals surface area contributed by atoms with Gasteiger partial charge in [-0.05, 0) is 19.2 Å². The van der Waals surface area contributed by atoms with E-state index in [0.29, 0.717) is 0 Å². The predicted molar refractivity (Wildman–Crippen MR) is 61.9 cm³/mol. The number of nitrogens with zero attached hydrogens (tertiary/aromatic N) is 2. The maximum Gasteiger partial charge on any atom is 0.0795 e. The topological polar surface area (TPSA) is 37.8 Å². The van der Waals surface area contributed by atoms with Crippen LogP contribution in [0.25, 0.3) is 0 Å². The van der Waals surface area contributed by atoms with Crippen LogP contribution in [0.1, 0.15) is 17.4 Å². The monoisotopic (exact) mass is 219 g/mol. The third-order valence-corrected chi connectivity index (χ3v) is 2.90. The maximum absolute atomic E-state index is 4.31. The SMILES string of the molecule is CNC(Cc1ccccn1)c1cscn1. The predicted octanol–water partition coefficient (Wildman–Crippen LogP) is 2.04. The van der Waals surface area contributed by atoms with Crippen LogP contribution in [0.5, 0.6) is 0 Å². The first-order chi connectivity index (χ1) is 7.40. The van der Waals surface area contributed by atoms with Gasteiger partial charge in [0, 0.05) is 23.7 Å². The third kappa shape index (κ3) is 2.61. The highest BCUT2D eigenvalue weighted by Crippen LogP contribution is 2.16. The molecule has 0 aliphatic rings. The van der Waals surface area contributed by atoms with Gasteiger partial charge in [-0.15, -0.1) is 11.3 Å². The number of likely N-dealkylation sites (N-methyl/N-ethyl adjacent to an activating group) is 1. The van der Waals surface area contributed by atoms with Gasteiger partial charge in [0.2, 0.25) is 0 Å². The maximum atomic E-state index is 4.31. The molecule has 1 unspecified atom stereocenters. The average molecular weight is 219 g/mol. The van der Waals surface area contributed by atoms with Crippen LogP contribution in [-0.2, 0) is 6.42 Å². The summed E-state index contributed by atoms with van der Waals surface area (Å²) >= 11 is 1.62. The minimum absolute atomic E-state index is 0.256. The van der Waals surface area contributed by atoms with E-state index in [0.717, 1.165) is 17.8 Å². The van der Waals surface area contributed by atoms with Crippen molar-refractivity contribution in [3.05, 3.63) is 46.7 Å². The molecule has 0 aliphatic carbocycles. The van der Waals surface area contributed by atoms with Crippen LogP contribution in [0, 0.1) is 0 Å². The minimum Gasteiger partial charge on any atom is -0.311 e. The van der Waals surface area contributed by atoms with Crippen molar-refractivity contribution in [3.63, 3.8) is 0 Å². The van der Waals surface area contributed by atoms with Gasteiger partial charge in [-0.2, -0.15) is 0 Å². The van der Waals surface area contributed by atoms with Gasteiger partial charge < -0.3 is 5.32 Å². The van der Waals surface area contributed by atoms with Gasteiger partial charge in [-0.1, -0.05) is 6.07 Å². The van der Waals surface area contributed by atoms with Gasteiger partial charge in [0.1, 0.15) is 0 Å². The van der Waals surface area contributed by atoms with E-state index in [4.69, 9.17) is 0 Å². The van der Waals surface area contributed by atoms with Crippen molar-refractivity contribution in [2.75, 3.05) is 7.05 Å². The molecule has 0 aliphatic heterocycles. The Morgan fingerprint density at radius 3 is 2.93 bits per heavy atom. The molecule has 2 aromatic rings. The molecule has 0 amide bonds. The van der Waals surface area contributed by atoms with Crippen LogP contribution < -0.4 is 5.32 Å². The van der Waals surface area contributed by atoms with Crippen molar-refractivity contribution >= 4 is 11.3 Å². The number of thiazole rings is 1. The second kappa shape index (κ2) is 5.00. The molecule has 1 N–H and O–H groups in total. The number of hydrogen-bond donors (Lipinski definition) is 1. The van der Waals surface area contributed by atoms with Crippen LogP contribution in [-0.4, -0.2) is 17.0 Å². The quantitative estimate of drug-likeness (QED) is 0.855. The molecular formula is C11H13N3S. The normalized spacial score (nSPS) is 12.6. The highest BCUT2D eigenvalue weighted by atomic mass is 32.1. The smallest absolute Gasteiger partial charge is 0.0795 e. The Hall–Kier alpha value is -1.26. The van der Waals surface area contributed by atoms with Crippen LogP contribution in [0.4, 0.5) is 0 Å². The molecule has 3 nitrogen and oxygen atoms in total. The molecule has 1 atom stereocenters. The number of aromatic nitrogens is 2. The Labute approximate surface area is 93.2 Å². The number of pyridine rings is 1. The molecule has 2 heterocycles. The lowest BCUT2D eigenvalue weighted by Gasteiger charge is -2.12. The van der Waals surface area contributed by atoms with E-state index in [1.165, 1.54) is 0 Å². The first kappa shape index (κ1) is 10.3. The molecule has 2 aromatic heterocycles. The van der Waals surface area contributed by atoms with Crippen molar-refractivity contribution < 1.29 is 0 Å². The zero-order valence-electron chi connectivity index (χ0n) is 8.55. The molecule has 0 saturated heterocycles. The second-order valence-corrected chi connectivity index (χ2v) is 4.00. The zero-order chi connectivity index (χ0) is 10.5. The van der Waals surface area contributed by atoms with Crippen molar-refractivity contribution in [2.24, 2.45) is 0 Å². The van der Waals surface area contributed by atoms with E-state index in [9.17, 15) is 0 Å². The van der Waals surface area contributed by atoms with Crippen molar-refractivity contribution in [2.45, 2.75) is 12.5 Å². The summed E-state index contributed by atoms with van der Waals surface area (Å²) in [5.74, 6) is 0. The number of hydrogen-bond acceptors (Lipinski definition) is 4. The first-order valence-electron chi connectivity index (χ1n) is 4.85. The van der Waals surface area contributed by atoms with E-state index >= 15 is 0 Å². The summed E-state index contributed by atoms with van der Waals surface area (Å²) in [4.78, 5) is 8.62. The lowest BCUT2D eigenvalue weighted by atomic mass is 10.1. The summed E-state index contributed by atoms with van der Waals surface area (Å²) in [5, 5.41) is 5.33. The largest absolute Gasteiger partial charge is 0.311 e. The molecule has 0 saturated carbocycles. The molecule has 4 heteroatoms. The fourth-order valence-electron chi connectivity index (χ4n) is 1.48. The molecule has 0 aromatic carbocycles. The molecule has 0 bridgehead atoms. The van der Waals surface area contributed by atoms with E-state index in [1.54, 1.807) is 11.3 Å². The van der Waals surface area contributed by atoms with Crippen LogP contribution in [0.2, 0.25) is 0 Å². The lowest BCUT2D eigenvalue weighted by molar-refractivity contribution is 0.572. The Kier molecular flexibility index (Phi) is 3.42. The number of nitrogens with one attached hydrogen (secondary N) is 1. The third-order valence-electron chi connectivity index (χ3n) is 2.30. The first-order valence-corrected chi connectivity index (χ1v) is 5.79. The van der Waals surface area contributed by atoms with Gasteiger partial charge >= 0.3 is 0 Å². The summed E-state index contributed by atoms with van der Waals surface area (Å²) in [7, 11) is 1.95. The van der Waals surface area contributed by atoms with Gasteiger partial charge in [0.05, 0.1) is 17.2 Å². The molecule has 78 valence electrons. The van der Waals surface area contributed by atoms with Crippen molar-refractivity contribution in [3.8, 4) is 0 Å². The minimum atomic E-state index is 0.256. The van der Waals surface area contributed by atoms with Gasteiger partial charge in [-0.25, -0.2) is 4.98 Å². The standard InChI is InChI=1S/C11H13N3S/c1-12-10(11-7-15-8-14-11)6-9-4-2-3-5-13-9/h2-5,7-8,10,12H,6H2,1H3. The second-order valence-electron chi connectivity index (χ2n) is 3.28. The Bertz CT molecular complexity index is 385. The van der Waals surface area contributed by atoms with Crippen LogP contribution in [0.3, 0.4) is 0 Å². The van der Waals surface area contributed by atoms with Crippen LogP contribution >= 0.6 is 11.3 Å². The summed E-state index contributed by atoms with van der Waals surface area (Å²) in [6.07, 6.45) is 2.70. The van der Waals surface area contributed by atoms with E-state index in [2.05, 4.69) is 20.7 Å². The number of rotatable bonds is 4. The highest BCUT2D eigenvalue weighted by molar-refractivity contribution is 7.07. The molecule has 15 heavy (non-hydrogen) atoms. The molecule has 0 spiro atoms. The summed E-state index contributed by atoms with van der Waals surface area (Å²) < 4.78 is 0. The highest BCUT2D eigenvalue weighted by Gasteiger charge is 2.11. The van der Waals surface area contributed by atoms with Gasteiger partial charge in [0.25, 0.3) is 0 Å². The van der Waals surface area contributed by atoms with Gasteiger partial charge in [-0.3, -0.25) is 4.98 Å². The Morgan fingerprint density at radius 1 is 1.40 bits per heavy atom. The Balaban J connectivity index is 2.10. The fraction of sp³-hybridized carbons (Fsp3) is 0.273. The zero-order valence-corrected chi connectivity index (χ0v) is 9.37. The summed E-state index contributed by atoms with van der Waals surface area (Å²) in [6.45, 7) is 0. The van der Waals surface area contributed by atoms with Crippen molar-refractivity contribution in [1.82, 2.24) is 15.3 Å². The molecule has 0 fully saturated rings. The molecular weight excluding hydrogens is 206 g/mol. The summed E-state index contributed by atoms with van der Waals surface area (Å²) in [6, 6.07) is 6.24. The van der Waals surface area contributed by atoms with E-state index in [-0.39, 0.29) is 6.04 Å². The average Bonchev–Trinajstić information content (AvgIpc) is 2.81. The van der Waals surface area contributed by atoms with E-state index in [1.807, 2.05) is 37.0 Å². The van der Waals surface area contributed by atoms with Gasteiger partial charge in [0.15, 0.2) is 0 Å².